The van der Waals surface area contributed by atoms with Crippen LogP contribution in [0.4, 0.5) is 0 Å². The average Bonchev–Trinajstić information content (AvgIpc) is 3.18. The molecule has 0 aliphatic heterocycles. The Balaban J connectivity index is 1.33. The number of hydrogen-bond donors (Lipinski definition) is 0. The van der Waals surface area contributed by atoms with Gasteiger partial charge in [-0.15, -0.1) is 0 Å². The van der Waals surface area contributed by atoms with Crippen LogP contribution in [-0.2, 0) is 0 Å². The predicted molar refractivity (Wildman–Crippen MR) is 195 cm³/mol. The first kappa shape index (κ1) is 29.9. The summed E-state index contributed by atoms with van der Waals surface area (Å²) in [6.45, 7) is 7.89. The van der Waals surface area contributed by atoms with E-state index in [0.717, 1.165) is 50.3 Å². The van der Waals surface area contributed by atoms with E-state index in [-0.39, 0.29) is 0 Å². The summed E-state index contributed by atoms with van der Waals surface area (Å²) in [5, 5.41) is 9.34. The van der Waals surface area contributed by atoms with Gasteiger partial charge in [-0.2, -0.15) is 5.26 Å². The van der Waals surface area contributed by atoms with Gasteiger partial charge >= 0.3 is 0 Å². The fourth-order valence-corrected chi connectivity index (χ4v) is 5.64. The Morgan fingerprint density at radius 3 is 1.50 bits per heavy atom. The van der Waals surface area contributed by atoms with Crippen LogP contribution in [0.25, 0.3) is 79.7 Å². The highest BCUT2D eigenvalue weighted by molar-refractivity contribution is 5.83. The summed E-state index contributed by atoms with van der Waals surface area (Å²) in [5.41, 5.74) is 11.8. The number of hydrogen-bond acceptors (Lipinski definition) is 5. The van der Waals surface area contributed by atoms with Crippen molar-refractivity contribution in [3.05, 3.63) is 170 Å². The molecular weight excluding hydrogens is 587 g/mol. The van der Waals surface area contributed by atoms with Crippen LogP contribution in [0, 0.1) is 11.3 Å². The van der Waals surface area contributed by atoms with Crippen molar-refractivity contribution in [2.45, 2.75) is 0 Å². The number of benzene rings is 5. The Hall–Kier alpha value is -6.77. The Bertz CT molecular complexity index is 2260. The number of rotatable bonds is 8. The van der Waals surface area contributed by atoms with E-state index < -0.39 is 0 Å². The zero-order chi connectivity index (χ0) is 32.9. The molecule has 5 aromatic carbocycles. The van der Waals surface area contributed by atoms with E-state index in [4.69, 9.17) is 19.9 Å². The molecule has 0 N–H and O–H groups in total. The van der Waals surface area contributed by atoms with Crippen LogP contribution >= 0.6 is 0 Å². The van der Waals surface area contributed by atoms with Gasteiger partial charge < -0.3 is 0 Å². The van der Waals surface area contributed by atoms with Gasteiger partial charge in [-0.3, -0.25) is 0 Å². The minimum Gasteiger partial charge on any atom is -0.244 e. The lowest BCUT2D eigenvalue weighted by Gasteiger charge is -2.14. The molecule has 0 aliphatic rings. The molecule has 0 fully saturated rings. The van der Waals surface area contributed by atoms with Crippen LogP contribution in [0.5, 0.6) is 0 Å². The van der Waals surface area contributed by atoms with Crippen molar-refractivity contribution in [2.24, 2.45) is 0 Å². The van der Waals surface area contributed by atoms with Crippen LogP contribution in [0.1, 0.15) is 17.0 Å². The highest BCUT2D eigenvalue weighted by Gasteiger charge is 2.16. The SMILES string of the molecule is C=Cc1nc(-c2ccc(C#N)cc2)c(-c2cccc(-c3cccc(-c4cc(-c5ccccc5)nc(-c5ccccc5)n4)c3)c2)nc1C=C. The van der Waals surface area contributed by atoms with Gasteiger partial charge in [0.2, 0.25) is 0 Å². The molecular formula is C43H29N5. The van der Waals surface area contributed by atoms with Crippen LogP contribution in [-0.4, -0.2) is 19.9 Å². The Labute approximate surface area is 279 Å². The maximum Gasteiger partial charge on any atom is 0.160 e. The zero-order valence-corrected chi connectivity index (χ0v) is 26.1. The third-order valence-corrected chi connectivity index (χ3v) is 8.08. The normalized spacial score (nSPS) is 10.6. The van der Waals surface area contributed by atoms with Crippen molar-refractivity contribution in [3.63, 3.8) is 0 Å². The van der Waals surface area contributed by atoms with E-state index in [9.17, 15) is 5.26 Å². The van der Waals surface area contributed by atoms with Gasteiger partial charge in [-0.25, -0.2) is 19.9 Å². The molecule has 7 rings (SSSR count). The Morgan fingerprint density at radius 1 is 0.438 bits per heavy atom. The van der Waals surface area contributed by atoms with E-state index in [2.05, 4.69) is 73.8 Å². The van der Waals surface area contributed by atoms with Gasteiger partial charge in [0.05, 0.1) is 45.8 Å². The first-order valence-electron chi connectivity index (χ1n) is 15.5. The monoisotopic (exact) mass is 615 g/mol. The number of aromatic nitrogens is 4. The molecule has 0 saturated heterocycles. The molecule has 5 nitrogen and oxygen atoms in total. The van der Waals surface area contributed by atoms with E-state index >= 15 is 0 Å². The van der Waals surface area contributed by atoms with E-state index in [1.54, 1.807) is 24.3 Å². The van der Waals surface area contributed by atoms with Crippen LogP contribution < -0.4 is 0 Å². The fraction of sp³-hybridized carbons (Fsp3) is 0. The highest BCUT2D eigenvalue weighted by Crippen LogP contribution is 2.35. The van der Waals surface area contributed by atoms with Crippen molar-refractivity contribution in [2.75, 3.05) is 0 Å². The number of nitriles is 1. The average molecular weight is 616 g/mol. The third-order valence-electron chi connectivity index (χ3n) is 8.08. The summed E-state index contributed by atoms with van der Waals surface area (Å²) in [6, 6.07) is 48.5. The van der Waals surface area contributed by atoms with Crippen LogP contribution in [0.3, 0.4) is 0 Å². The second-order valence-corrected chi connectivity index (χ2v) is 11.1. The van der Waals surface area contributed by atoms with Gasteiger partial charge in [0, 0.05) is 27.8 Å². The van der Waals surface area contributed by atoms with Gasteiger partial charge in [-0.05, 0) is 53.6 Å². The van der Waals surface area contributed by atoms with Crippen LogP contribution in [0.15, 0.2) is 153 Å². The van der Waals surface area contributed by atoms with E-state index in [1.165, 1.54) is 0 Å². The molecule has 5 heteroatoms. The highest BCUT2D eigenvalue weighted by atomic mass is 14.9. The Morgan fingerprint density at radius 2 is 0.917 bits per heavy atom. The molecule has 0 radical (unpaired) electrons. The summed E-state index contributed by atoms with van der Waals surface area (Å²) in [5.74, 6) is 0.675. The second-order valence-electron chi connectivity index (χ2n) is 11.1. The van der Waals surface area contributed by atoms with Crippen LogP contribution in [0.2, 0.25) is 0 Å². The van der Waals surface area contributed by atoms with Gasteiger partial charge in [0.15, 0.2) is 5.82 Å². The molecule has 2 heterocycles. The molecule has 0 amide bonds. The van der Waals surface area contributed by atoms with Crippen molar-refractivity contribution in [3.8, 4) is 73.6 Å². The first-order valence-corrected chi connectivity index (χ1v) is 15.5. The lowest BCUT2D eigenvalue weighted by molar-refractivity contribution is 1.17. The van der Waals surface area contributed by atoms with Crippen molar-refractivity contribution in [1.29, 1.82) is 5.26 Å². The van der Waals surface area contributed by atoms with E-state index in [1.807, 2.05) is 72.8 Å². The fourth-order valence-electron chi connectivity index (χ4n) is 5.64. The van der Waals surface area contributed by atoms with E-state index in [0.29, 0.717) is 34.2 Å². The zero-order valence-electron chi connectivity index (χ0n) is 26.1. The second kappa shape index (κ2) is 13.3. The largest absolute Gasteiger partial charge is 0.244 e. The molecule has 0 spiro atoms. The van der Waals surface area contributed by atoms with Gasteiger partial charge in [0.1, 0.15) is 0 Å². The summed E-state index contributed by atoms with van der Waals surface area (Å²) in [7, 11) is 0. The Kier molecular flexibility index (Phi) is 8.29. The standard InChI is InChI=1S/C43H29N5/c1-3-37-38(4-2)46-42(41(45-37)31-23-21-29(28-44)22-24-31)36-20-12-18-34(26-36)33-17-11-19-35(25-33)40-27-39(30-13-7-5-8-14-30)47-43(48-40)32-15-9-6-10-16-32/h3-27H,1-2H2. The lowest BCUT2D eigenvalue weighted by atomic mass is 9.96. The van der Waals surface area contributed by atoms with Crippen molar-refractivity contribution >= 4 is 12.2 Å². The van der Waals surface area contributed by atoms with Gasteiger partial charge in [0.25, 0.3) is 0 Å². The van der Waals surface area contributed by atoms with Crippen molar-refractivity contribution < 1.29 is 0 Å². The minimum atomic E-state index is 0.581. The third kappa shape index (κ3) is 6.06. The quantitative estimate of drug-likeness (QED) is 0.170. The lowest BCUT2D eigenvalue weighted by Crippen LogP contribution is -2.00. The topological polar surface area (TPSA) is 75.3 Å². The molecule has 7 aromatic rings. The maximum atomic E-state index is 9.34. The molecule has 0 aliphatic carbocycles. The number of nitrogens with zero attached hydrogens (tertiary/aromatic N) is 5. The maximum absolute atomic E-state index is 9.34. The molecule has 0 bridgehead atoms. The summed E-state index contributed by atoms with van der Waals surface area (Å²) in [4.78, 5) is 19.9. The minimum absolute atomic E-state index is 0.581. The van der Waals surface area contributed by atoms with Gasteiger partial charge in [-0.1, -0.05) is 122 Å². The summed E-state index contributed by atoms with van der Waals surface area (Å²) >= 11 is 0. The smallest absolute Gasteiger partial charge is 0.160 e. The molecule has 0 atom stereocenters. The molecule has 2 aromatic heterocycles. The predicted octanol–water partition coefficient (Wildman–Crippen LogP) is 10.4. The molecule has 226 valence electrons. The molecule has 0 unspecified atom stereocenters. The summed E-state index contributed by atoms with van der Waals surface area (Å²) in [6.07, 6.45) is 3.38. The molecule has 48 heavy (non-hydrogen) atoms. The first-order chi connectivity index (χ1) is 23.6. The van der Waals surface area contributed by atoms with Crippen molar-refractivity contribution in [1.82, 2.24) is 19.9 Å². The summed E-state index contributed by atoms with van der Waals surface area (Å²) < 4.78 is 0. The molecule has 0 saturated carbocycles.